The summed E-state index contributed by atoms with van der Waals surface area (Å²) < 4.78 is 28.4. The number of rotatable bonds is 5. The number of benzene rings is 1. The lowest BCUT2D eigenvalue weighted by atomic mass is 10.2. The molecule has 0 radical (unpaired) electrons. The van der Waals surface area contributed by atoms with E-state index in [0.29, 0.717) is 29.8 Å². The van der Waals surface area contributed by atoms with Crippen LogP contribution in [0.3, 0.4) is 0 Å². The van der Waals surface area contributed by atoms with Crippen LogP contribution in [0, 0.1) is 13.8 Å². The zero-order valence-electron chi connectivity index (χ0n) is 14.7. The minimum Gasteiger partial charge on any atom is -0.444 e. The maximum absolute atomic E-state index is 11.4. The summed E-state index contributed by atoms with van der Waals surface area (Å²) >= 11 is 0. The quantitative estimate of drug-likeness (QED) is 0.389. The van der Waals surface area contributed by atoms with Crippen molar-refractivity contribution in [2.24, 2.45) is 4.99 Å². The number of aryl methyl sites for hydroxylation is 2. The molecule has 1 aromatic carbocycles. The summed E-state index contributed by atoms with van der Waals surface area (Å²) in [5.74, 6) is 2.02. The normalized spacial score (nSPS) is 11.8. The molecule has 0 aliphatic carbocycles. The summed E-state index contributed by atoms with van der Waals surface area (Å²) in [5, 5.41) is 6.27. The standard InChI is InChI=1S/C16H22N4O3S.HI/c1-11-12(2)23-15(20-11)10-19-16(17-3)18-9-13-5-7-14(8-6-13)24(4,21)22;/h5-8H,9-10H2,1-4H3,(H2,17,18,19);1H. The molecule has 1 heterocycles. The largest absolute Gasteiger partial charge is 0.444 e. The van der Waals surface area contributed by atoms with E-state index < -0.39 is 9.84 Å². The van der Waals surface area contributed by atoms with Crippen molar-refractivity contribution in [1.82, 2.24) is 15.6 Å². The Balaban J connectivity index is 0.00000312. The van der Waals surface area contributed by atoms with Gasteiger partial charge in [0.15, 0.2) is 15.8 Å². The lowest BCUT2D eigenvalue weighted by Gasteiger charge is -2.11. The number of oxazole rings is 1. The molecule has 0 aliphatic rings. The van der Waals surface area contributed by atoms with Gasteiger partial charge < -0.3 is 15.1 Å². The molecule has 0 amide bonds. The van der Waals surface area contributed by atoms with E-state index in [0.717, 1.165) is 17.0 Å². The molecular weight excluding hydrogens is 455 g/mol. The molecule has 9 heteroatoms. The maximum atomic E-state index is 11.4. The van der Waals surface area contributed by atoms with Crippen molar-refractivity contribution in [1.29, 1.82) is 0 Å². The highest BCUT2D eigenvalue weighted by molar-refractivity contribution is 14.0. The Bertz CT molecular complexity index is 810. The molecule has 0 spiro atoms. The molecule has 2 N–H and O–H groups in total. The Morgan fingerprint density at radius 1 is 1.16 bits per heavy atom. The van der Waals surface area contributed by atoms with Crippen LogP contribution >= 0.6 is 24.0 Å². The summed E-state index contributed by atoms with van der Waals surface area (Å²) in [4.78, 5) is 8.74. The van der Waals surface area contributed by atoms with Crippen molar-refractivity contribution in [2.75, 3.05) is 13.3 Å². The third-order valence-corrected chi connectivity index (χ3v) is 4.64. The number of nitrogens with one attached hydrogen (secondary N) is 2. The van der Waals surface area contributed by atoms with E-state index in [1.165, 1.54) is 6.26 Å². The summed E-state index contributed by atoms with van der Waals surface area (Å²) in [6.07, 6.45) is 1.19. The monoisotopic (exact) mass is 478 g/mol. The molecule has 0 unspecified atom stereocenters. The lowest BCUT2D eigenvalue weighted by Crippen LogP contribution is -2.36. The van der Waals surface area contributed by atoms with Gasteiger partial charge in [0.25, 0.3) is 0 Å². The molecule has 2 rings (SSSR count). The molecule has 25 heavy (non-hydrogen) atoms. The lowest BCUT2D eigenvalue weighted by molar-refractivity contribution is 0.463. The highest BCUT2D eigenvalue weighted by Gasteiger charge is 2.08. The molecule has 1 aromatic heterocycles. The van der Waals surface area contributed by atoms with Gasteiger partial charge in [0.2, 0.25) is 5.89 Å². The summed E-state index contributed by atoms with van der Waals surface area (Å²) in [5.41, 5.74) is 1.83. The van der Waals surface area contributed by atoms with E-state index >= 15 is 0 Å². The van der Waals surface area contributed by atoms with Crippen molar-refractivity contribution in [2.45, 2.75) is 31.8 Å². The highest BCUT2D eigenvalue weighted by Crippen LogP contribution is 2.10. The van der Waals surface area contributed by atoms with Gasteiger partial charge in [0.1, 0.15) is 5.76 Å². The number of hydrogen-bond acceptors (Lipinski definition) is 5. The minimum absolute atomic E-state index is 0. The number of sulfone groups is 1. The van der Waals surface area contributed by atoms with Crippen LogP contribution in [-0.4, -0.2) is 32.7 Å². The topological polar surface area (TPSA) is 96.6 Å². The van der Waals surface area contributed by atoms with E-state index in [1.807, 2.05) is 13.8 Å². The van der Waals surface area contributed by atoms with Gasteiger partial charge in [0, 0.05) is 19.8 Å². The van der Waals surface area contributed by atoms with E-state index in [2.05, 4.69) is 20.6 Å². The fraction of sp³-hybridized carbons (Fsp3) is 0.375. The Labute approximate surface area is 165 Å². The predicted octanol–water partition coefficient (Wildman–Crippen LogP) is 2.18. The van der Waals surface area contributed by atoms with Crippen molar-refractivity contribution < 1.29 is 12.8 Å². The van der Waals surface area contributed by atoms with Crippen molar-refractivity contribution in [3.63, 3.8) is 0 Å². The second-order valence-corrected chi connectivity index (χ2v) is 7.46. The Morgan fingerprint density at radius 3 is 2.24 bits per heavy atom. The SMILES string of the molecule is CN=C(NCc1ccc(S(C)(=O)=O)cc1)NCc1nc(C)c(C)o1.I. The molecule has 7 nitrogen and oxygen atoms in total. The van der Waals surface area contributed by atoms with Gasteiger partial charge in [-0.3, -0.25) is 4.99 Å². The van der Waals surface area contributed by atoms with Crippen molar-refractivity contribution >= 4 is 39.8 Å². The van der Waals surface area contributed by atoms with Crippen molar-refractivity contribution in [3.05, 3.63) is 47.2 Å². The Hall–Kier alpha value is -1.62. The minimum atomic E-state index is -3.17. The second kappa shape index (κ2) is 9.18. The van der Waals surface area contributed by atoms with Crippen LogP contribution < -0.4 is 10.6 Å². The summed E-state index contributed by atoms with van der Waals surface area (Å²) in [6.45, 7) is 4.73. The average molecular weight is 478 g/mol. The first-order chi connectivity index (χ1) is 11.3. The molecular formula is C16H23IN4O3S. The van der Waals surface area contributed by atoms with Gasteiger partial charge in [-0.1, -0.05) is 12.1 Å². The molecule has 0 atom stereocenters. The maximum Gasteiger partial charge on any atom is 0.214 e. The van der Waals surface area contributed by atoms with E-state index in [9.17, 15) is 8.42 Å². The summed E-state index contributed by atoms with van der Waals surface area (Å²) in [7, 11) is -1.50. The number of aliphatic imine (C=N–C) groups is 1. The number of halogens is 1. The van der Waals surface area contributed by atoms with E-state index in [1.54, 1.807) is 31.3 Å². The number of aromatic nitrogens is 1. The van der Waals surface area contributed by atoms with E-state index in [-0.39, 0.29) is 24.0 Å². The van der Waals surface area contributed by atoms with Gasteiger partial charge in [-0.05, 0) is 31.5 Å². The third kappa shape index (κ3) is 6.31. The molecule has 0 bridgehead atoms. The van der Waals surface area contributed by atoms with Crippen LogP contribution in [0.15, 0.2) is 38.6 Å². The Kier molecular flexibility index (Phi) is 7.87. The predicted molar refractivity (Wildman–Crippen MR) is 108 cm³/mol. The average Bonchev–Trinajstić information content (AvgIpc) is 2.85. The van der Waals surface area contributed by atoms with Gasteiger partial charge in [0.05, 0.1) is 17.1 Å². The van der Waals surface area contributed by atoms with Crippen LogP contribution in [0.1, 0.15) is 22.9 Å². The smallest absolute Gasteiger partial charge is 0.214 e. The first-order valence-electron chi connectivity index (χ1n) is 7.46. The molecule has 0 fully saturated rings. The number of hydrogen-bond donors (Lipinski definition) is 2. The molecule has 0 saturated heterocycles. The Morgan fingerprint density at radius 2 is 1.76 bits per heavy atom. The molecule has 0 aliphatic heterocycles. The van der Waals surface area contributed by atoms with Crippen LogP contribution in [0.2, 0.25) is 0 Å². The van der Waals surface area contributed by atoms with Gasteiger partial charge in [-0.25, -0.2) is 13.4 Å². The first-order valence-corrected chi connectivity index (χ1v) is 9.35. The summed E-state index contributed by atoms with van der Waals surface area (Å²) in [6, 6.07) is 6.75. The van der Waals surface area contributed by atoms with Crippen LogP contribution in [-0.2, 0) is 22.9 Å². The second-order valence-electron chi connectivity index (χ2n) is 5.44. The highest BCUT2D eigenvalue weighted by atomic mass is 127. The molecule has 2 aromatic rings. The zero-order chi connectivity index (χ0) is 17.7. The van der Waals surface area contributed by atoms with Crippen LogP contribution in [0.25, 0.3) is 0 Å². The van der Waals surface area contributed by atoms with Crippen LogP contribution in [0.5, 0.6) is 0 Å². The van der Waals surface area contributed by atoms with Crippen molar-refractivity contribution in [3.8, 4) is 0 Å². The molecule has 0 saturated carbocycles. The number of guanidine groups is 1. The van der Waals surface area contributed by atoms with Gasteiger partial charge in [-0.15, -0.1) is 24.0 Å². The third-order valence-electron chi connectivity index (χ3n) is 3.51. The van der Waals surface area contributed by atoms with Gasteiger partial charge >= 0.3 is 0 Å². The number of nitrogens with zero attached hydrogens (tertiary/aromatic N) is 2. The fourth-order valence-corrected chi connectivity index (χ4v) is 2.67. The fourth-order valence-electron chi connectivity index (χ4n) is 2.04. The zero-order valence-corrected chi connectivity index (χ0v) is 17.8. The van der Waals surface area contributed by atoms with Crippen LogP contribution in [0.4, 0.5) is 0 Å². The molecule has 138 valence electrons. The first kappa shape index (κ1) is 21.4. The van der Waals surface area contributed by atoms with E-state index in [4.69, 9.17) is 4.42 Å². The van der Waals surface area contributed by atoms with Gasteiger partial charge in [-0.2, -0.15) is 0 Å².